The Balaban J connectivity index is 2.49. The lowest BCUT2D eigenvalue weighted by Gasteiger charge is -2.21. The van der Waals surface area contributed by atoms with Gasteiger partial charge in [0.05, 0.1) is 12.1 Å². The Morgan fingerprint density at radius 3 is 3.25 bits per heavy atom. The summed E-state index contributed by atoms with van der Waals surface area (Å²) in [5, 5.41) is 9.12. The van der Waals surface area contributed by atoms with E-state index < -0.39 is 5.54 Å². The van der Waals surface area contributed by atoms with Crippen LogP contribution in [0.2, 0.25) is 0 Å². The standard InChI is InChI=1S/C9H12N2O/c10-9(6-12)3-1-7-2-4-11-5-8(7)9/h2,4-5,12H,1,3,6,10H2. The van der Waals surface area contributed by atoms with Crippen molar-refractivity contribution in [3.63, 3.8) is 0 Å². The Bertz CT molecular complexity index is 300. The summed E-state index contributed by atoms with van der Waals surface area (Å²) in [5.41, 5.74) is 7.67. The lowest BCUT2D eigenvalue weighted by atomic mass is 9.96. The van der Waals surface area contributed by atoms with Gasteiger partial charge in [0, 0.05) is 12.4 Å². The van der Waals surface area contributed by atoms with Crippen molar-refractivity contribution in [3.05, 3.63) is 29.6 Å². The predicted octanol–water partition coefficient (Wildman–Crippen LogP) is 0.174. The van der Waals surface area contributed by atoms with Crippen LogP contribution >= 0.6 is 0 Å². The van der Waals surface area contributed by atoms with Gasteiger partial charge >= 0.3 is 0 Å². The average Bonchev–Trinajstić information content (AvgIpc) is 2.46. The van der Waals surface area contributed by atoms with Crippen LogP contribution in [0.15, 0.2) is 18.5 Å². The molecule has 1 aromatic rings. The van der Waals surface area contributed by atoms with E-state index in [1.807, 2.05) is 6.07 Å². The van der Waals surface area contributed by atoms with E-state index in [0.29, 0.717) is 0 Å². The first-order valence-electron chi connectivity index (χ1n) is 4.09. The van der Waals surface area contributed by atoms with Gasteiger partial charge in [-0.2, -0.15) is 0 Å². The summed E-state index contributed by atoms with van der Waals surface area (Å²) in [6.45, 7) is 0.00565. The van der Waals surface area contributed by atoms with Crippen LogP contribution in [0, 0.1) is 0 Å². The van der Waals surface area contributed by atoms with E-state index in [4.69, 9.17) is 10.8 Å². The minimum Gasteiger partial charge on any atom is -0.394 e. The van der Waals surface area contributed by atoms with Crippen molar-refractivity contribution in [2.45, 2.75) is 18.4 Å². The highest BCUT2D eigenvalue weighted by atomic mass is 16.3. The van der Waals surface area contributed by atoms with Gasteiger partial charge in [-0.3, -0.25) is 4.98 Å². The molecule has 0 fully saturated rings. The lowest BCUT2D eigenvalue weighted by Crippen LogP contribution is -2.38. The molecule has 0 saturated heterocycles. The van der Waals surface area contributed by atoms with Crippen molar-refractivity contribution < 1.29 is 5.11 Å². The number of nitrogens with two attached hydrogens (primary N) is 1. The molecule has 0 amide bonds. The maximum Gasteiger partial charge on any atom is 0.0665 e. The molecule has 2 rings (SSSR count). The fourth-order valence-corrected chi connectivity index (χ4v) is 1.75. The van der Waals surface area contributed by atoms with Crippen molar-refractivity contribution in [2.24, 2.45) is 5.73 Å². The van der Waals surface area contributed by atoms with Gasteiger partial charge in [0.1, 0.15) is 0 Å². The molecule has 0 aromatic carbocycles. The second-order valence-electron chi connectivity index (χ2n) is 3.35. The molecule has 0 radical (unpaired) electrons. The quantitative estimate of drug-likeness (QED) is 0.622. The smallest absolute Gasteiger partial charge is 0.0665 e. The topological polar surface area (TPSA) is 59.1 Å². The number of hydrogen-bond acceptors (Lipinski definition) is 3. The van der Waals surface area contributed by atoms with Gasteiger partial charge in [0.25, 0.3) is 0 Å². The molecular formula is C9H12N2O. The molecule has 0 saturated carbocycles. The number of aliphatic hydroxyl groups excluding tert-OH is 1. The molecule has 1 unspecified atom stereocenters. The highest BCUT2D eigenvalue weighted by molar-refractivity contribution is 5.35. The predicted molar refractivity (Wildman–Crippen MR) is 45.5 cm³/mol. The fourth-order valence-electron chi connectivity index (χ4n) is 1.75. The average molecular weight is 164 g/mol. The van der Waals surface area contributed by atoms with Gasteiger partial charge in [0.15, 0.2) is 0 Å². The zero-order valence-corrected chi connectivity index (χ0v) is 6.83. The third-order valence-corrected chi connectivity index (χ3v) is 2.57. The van der Waals surface area contributed by atoms with Crippen LogP contribution in [0.1, 0.15) is 17.5 Å². The highest BCUT2D eigenvalue weighted by Crippen LogP contribution is 2.33. The molecule has 0 bridgehead atoms. The zero-order chi connectivity index (χ0) is 8.60. The summed E-state index contributed by atoms with van der Waals surface area (Å²) in [6.07, 6.45) is 5.31. The molecular weight excluding hydrogens is 152 g/mol. The van der Waals surface area contributed by atoms with Gasteiger partial charge < -0.3 is 10.8 Å². The monoisotopic (exact) mass is 164 g/mol. The number of aryl methyl sites for hydroxylation is 1. The Kier molecular flexibility index (Phi) is 1.63. The van der Waals surface area contributed by atoms with Crippen LogP contribution in [-0.2, 0) is 12.0 Å². The van der Waals surface area contributed by atoms with Gasteiger partial charge in [-0.15, -0.1) is 0 Å². The van der Waals surface area contributed by atoms with Gasteiger partial charge in [-0.1, -0.05) is 0 Å². The number of rotatable bonds is 1. The third-order valence-electron chi connectivity index (χ3n) is 2.57. The number of aromatic nitrogens is 1. The van der Waals surface area contributed by atoms with Crippen LogP contribution in [-0.4, -0.2) is 16.7 Å². The first kappa shape index (κ1) is 7.71. The first-order valence-corrected chi connectivity index (χ1v) is 4.09. The van der Waals surface area contributed by atoms with Crippen molar-refractivity contribution in [1.82, 2.24) is 4.98 Å². The summed E-state index contributed by atoms with van der Waals surface area (Å²) < 4.78 is 0. The van der Waals surface area contributed by atoms with Crippen molar-refractivity contribution in [1.29, 1.82) is 0 Å². The molecule has 0 spiro atoms. The Morgan fingerprint density at radius 1 is 1.67 bits per heavy atom. The van der Waals surface area contributed by atoms with E-state index >= 15 is 0 Å². The second-order valence-corrected chi connectivity index (χ2v) is 3.35. The molecule has 1 heterocycles. The zero-order valence-electron chi connectivity index (χ0n) is 6.83. The Morgan fingerprint density at radius 2 is 2.50 bits per heavy atom. The van der Waals surface area contributed by atoms with Gasteiger partial charge in [0.2, 0.25) is 0 Å². The van der Waals surface area contributed by atoms with Crippen LogP contribution < -0.4 is 5.73 Å². The second kappa shape index (κ2) is 2.54. The summed E-state index contributed by atoms with van der Waals surface area (Å²) in [4.78, 5) is 4.01. The van der Waals surface area contributed by atoms with Crippen LogP contribution in [0.5, 0.6) is 0 Å². The van der Waals surface area contributed by atoms with E-state index in [9.17, 15) is 0 Å². The van der Waals surface area contributed by atoms with Gasteiger partial charge in [-0.05, 0) is 30.0 Å². The molecule has 64 valence electrons. The molecule has 1 aliphatic rings. The molecule has 1 atom stereocenters. The van der Waals surface area contributed by atoms with E-state index in [-0.39, 0.29) is 6.61 Å². The van der Waals surface area contributed by atoms with Crippen molar-refractivity contribution in [3.8, 4) is 0 Å². The number of hydrogen-bond donors (Lipinski definition) is 2. The van der Waals surface area contributed by atoms with Crippen molar-refractivity contribution in [2.75, 3.05) is 6.61 Å². The van der Waals surface area contributed by atoms with E-state index in [0.717, 1.165) is 18.4 Å². The van der Waals surface area contributed by atoms with Crippen molar-refractivity contribution >= 4 is 0 Å². The molecule has 1 aromatic heterocycles. The van der Waals surface area contributed by atoms with E-state index in [2.05, 4.69) is 4.98 Å². The highest BCUT2D eigenvalue weighted by Gasteiger charge is 2.34. The van der Waals surface area contributed by atoms with Crippen LogP contribution in [0.4, 0.5) is 0 Å². The summed E-state index contributed by atoms with van der Waals surface area (Å²) in [6, 6.07) is 1.97. The summed E-state index contributed by atoms with van der Waals surface area (Å²) >= 11 is 0. The third kappa shape index (κ3) is 0.940. The van der Waals surface area contributed by atoms with Crippen LogP contribution in [0.3, 0.4) is 0 Å². The fraction of sp³-hybridized carbons (Fsp3) is 0.444. The molecule has 3 nitrogen and oxygen atoms in total. The molecule has 3 N–H and O–H groups in total. The summed E-state index contributed by atoms with van der Waals surface area (Å²) in [5.74, 6) is 0. The number of nitrogens with zero attached hydrogens (tertiary/aromatic N) is 1. The molecule has 0 aliphatic heterocycles. The number of aliphatic hydroxyl groups is 1. The first-order chi connectivity index (χ1) is 5.76. The van der Waals surface area contributed by atoms with E-state index in [1.54, 1.807) is 12.4 Å². The maximum absolute atomic E-state index is 9.12. The Labute approximate surface area is 71.2 Å². The Hall–Kier alpha value is -0.930. The largest absolute Gasteiger partial charge is 0.394 e. The molecule has 1 aliphatic carbocycles. The molecule has 3 heteroatoms. The van der Waals surface area contributed by atoms with Gasteiger partial charge in [-0.25, -0.2) is 0 Å². The normalized spacial score (nSPS) is 27.2. The number of pyridine rings is 1. The molecule has 12 heavy (non-hydrogen) atoms. The lowest BCUT2D eigenvalue weighted by molar-refractivity contribution is 0.196. The number of fused-ring (bicyclic) bond motifs is 1. The SMILES string of the molecule is NC1(CO)CCc2ccncc21. The van der Waals surface area contributed by atoms with E-state index in [1.165, 1.54) is 5.56 Å². The maximum atomic E-state index is 9.12. The van der Waals surface area contributed by atoms with Crippen LogP contribution in [0.25, 0.3) is 0 Å². The minimum atomic E-state index is -0.538. The minimum absolute atomic E-state index is 0.00565. The summed E-state index contributed by atoms with van der Waals surface area (Å²) in [7, 11) is 0.